The maximum atomic E-state index is 12.5. The van der Waals surface area contributed by atoms with Crippen molar-refractivity contribution >= 4 is 17.9 Å². The highest BCUT2D eigenvalue weighted by Crippen LogP contribution is 2.31. The van der Waals surface area contributed by atoms with Crippen LogP contribution in [0.4, 0.5) is 4.79 Å². The van der Waals surface area contributed by atoms with Gasteiger partial charge < -0.3 is 24.7 Å². The van der Waals surface area contributed by atoms with Crippen LogP contribution in [-0.2, 0) is 9.53 Å². The topological polar surface area (TPSA) is 150 Å². The highest BCUT2D eigenvalue weighted by Gasteiger charge is 2.35. The smallest absolute Gasteiger partial charge is 0.410 e. The fourth-order valence-electron chi connectivity index (χ4n) is 4.51. The highest BCUT2D eigenvalue weighted by molar-refractivity contribution is 5.90. The van der Waals surface area contributed by atoms with E-state index in [4.69, 9.17) is 14.5 Å². The van der Waals surface area contributed by atoms with E-state index >= 15 is 0 Å². The monoisotopic (exact) mass is 480 g/mol. The number of nitrogens with zero attached hydrogens (tertiary/aromatic N) is 3. The second-order valence-corrected chi connectivity index (χ2v) is 10.4. The van der Waals surface area contributed by atoms with Crippen LogP contribution in [-0.4, -0.2) is 62.9 Å². The summed E-state index contributed by atoms with van der Waals surface area (Å²) >= 11 is 0. The minimum absolute atomic E-state index is 0.0604. The fraction of sp³-hybridized carbons (Fsp3) is 0.783. The molecule has 0 spiro atoms. The van der Waals surface area contributed by atoms with Crippen LogP contribution in [0, 0.1) is 5.92 Å². The van der Waals surface area contributed by atoms with Gasteiger partial charge in [-0.1, -0.05) is 50.1 Å². The third kappa shape index (κ3) is 7.68. The van der Waals surface area contributed by atoms with Crippen molar-refractivity contribution in [2.24, 2.45) is 5.92 Å². The molecular weight excluding hydrogens is 442 g/mol. The molecule has 3 amide bonds. The largest absolute Gasteiger partial charge is 0.444 e. The van der Waals surface area contributed by atoms with Crippen LogP contribution in [0.5, 0.6) is 0 Å². The van der Waals surface area contributed by atoms with Crippen LogP contribution in [0.2, 0.25) is 0 Å². The lowest BCUT2D eigenvalue weighted by molar-refractivity contribution is -0.129. The molecule has 11 heteroatoms. The average molecular weight is 481 g/mol. The molecule has 1 aliphatic heterocycles. The molecule has 0 aromatic carbocycles. The summed E-state index contributed by atoms with van der Waals surface area (Å²) in [6.07, 6.45) is 8.75. The van der Waals surface area contributed by atoms with Gasteiger partial charge >= 0.3 is 6.09 Å². The van der Waals surface area contributed by atoms with Crippen LogP contribution in [0.15, 0.2) is 4.52 Å². The standard InChI is InChI=1S/C23H37N5O6/c1-23(2,3)33-22(31)28-13-17(14-28)24-20(30)19-25-21(34-27-19)16(12-18(29)26-32)11-7-10-15-8-5-4-6-9-15/h15-17,32H,4-14H2,1-3H3,(H,24,30)(H,26,29)/p+1/t16-/m1/s1. The summed E-state index contributed by atoms with van der Waals surface area (Å²) in [6.45, 7) is 6.09. The van der Waals surface area contributed by atoms with Gasteiger partial charge in [-0.05, 0) is 33.1 Å². The van der Waals surface area contributed by atoms with E-state index < -0.39 is 23.5 Å². The maximum absolute atomic E-state index is 12.5. The van der Waals surface area contributed by atoms with Gasteiger partial charge in [-0.25, -0.2) is 4.79 Å². The predicted octanol–water partition coefficient (Wildman–Crippen LogP) is 2.40. The molecule has 1 aromatic rings. The predicted molar refractivity (Wildman–Crippen MR) is 123 cm³/mol. The average Bonchev–Trinajstić information content (AvgIpc) is 3.24. The summed E-state index contributed by atoms with van der Waals surface area (Å²) < 4.78 is 10.6. The Hall–Kier alpha value is -2.69. The number of aromatic nitrogens is 2. The summed E-state index contributed by atoms with van der Waals surface area (Å²) in [5, 5.41) is 13.7. The molecule has 0 bridgehead atoms. The molecule has 1 aliphatic carbocycles. The second kappa shape index (κ2) is 11.6. The number of hydrogen-bond acceptors (Lipinski definition) is 7. The van der Waals surface area contributed by atoms with Gasteiger partial charge in [0, 0.05) is 25.4 Å². The molecule has 1 saturated carbocycles. The molecule has 0 unspecified atom stereocenters. The lowest BCUT2D eigenvalue weighted by Crippen LogP contribution is -2.61. The third-order valence-electron chi connectivity index (χ3n) is 6.32. The van der Waals surface area contributed by atoms with Crippen molar-refractivity contribution in [1.29, 1.82) is 0 Å². The minimum Gasteiger partial charge on any atom is -0.444 e. The van der Waals surface area contributed by atoms with Gasteiger partial charge in [0.15, 0.2) is 0 Å². The van der Waals surface area contributed by atoms with E-state index in [2.05, 4.69) is 15.5 Å². The number of rotatable bonds is 9. The van der Waals surface area contributed by atoms with Crippen LogP contribution < -0.4 is 10.8 Å². The SMILES string of the molecule is CC(C)(C)OC(=O)N1CC(NC(=O)c2noc([C@H](CCCC3CCCCC3)CC(=O)N[OH2+])n2)C1. The van der Waals surface area contributed by atoms with Crippen molar-refractivity contribution in [2.45, 2.75) is 96.1 Å². The van der Waals surface area contributed by atoms with E-state index in [9.17, 15) is 14.4 Å². The number of amides is 3. The number of ether oxygens (including phenoxy) is 1. The van der Waals surface area contributed by atoms with Crippen molar-refractivity contribution in [2.75, 3.05) is 13.1 Å². The molecule has 3 rings (SSSR count). The molecule has 34 heavy (non-hydrogen) atoms. The van der Waals surface area contributed by atoms with E-state index in [1.54, 1.807) is 20.8 Å². The summed E-state index contributed by atoms with van der Waals surface area (Å²) in [6, 6.07) is -0.220. The molecule has 1 aromatic heterocycles. The van der Waals surface area contributed by atoms with Crippen molar-refractivity contribution in [3.8, 4) is 0 Å². The molecule has 4 N–H and O–H groups in total. The van der Waals surface area contributed by atoms with E-state index in [0.29, 0.717) is 19.5 Å². The maximum Gasteiger partial charge on any atom is 0.410 e. The lowest BCUT2D eigenvalue weighted by Gasteiger charge is -2.39. The molecule has 190 valence electrons. The Morgan fingerprint density at radius 1 is 1.21 bits per heavy atom. The number of nitrogens with one attached hydrogen (secondary N) is 2. The number of likely N-dealkylation sites (tertiary alicyclic amines) is 1. The number of hydroxylamine groups is 1. The fourth-order valence-corrected chi connectivity index (χ4v) is 4.51. The highest BCUT2D eigenvalue weighted by atomic mass is 16.6. The zero-order valence-corrected chi connectivity index (χ0v) is 20.4. The first kappa shape index (κ1) is 25.9. The Morgan fingerprint density at radius 2 is 1.91 bits per heavy atom. The van der Waals surface area contributed by atoms with E-state index in [-0.39, 0.29) is 30.1 Å². The normalized spacial score (nSPS) is 18.2. The molecular formula is C23H38N5O6+. The second-order valence-electron chi connectivity index (χ2n) is 10.4. The van der Waals surface area contributed by atoms with Gasteiger partial charge in [0.25, 0.3) is 17.6 Å². The number of hydrogen-bond donors (Lipinski definition) is 2. The quantitative estimate of drug-likeness (QED) is 0.407. The summed E-state index contributed by atoms with van der Waals surface area (Å²) in [7, 11) is 0. The Kier molecular flexibility index (Phi) is 8.87. The van der Waals surface area contributed by atoms with E-state index in [0.717, 1.165) is 18.8 Å². The van der Waals surface area contributed by atoms with Gasteiger partial charge in [-0.3, -0.25) is 9.59 Å². The van der Waals surface area contributed by atoms with Crippen LogP contribution >= 0.6 is 0 Å². The molecule has 0 radical (unpaired) electrons. The molecule has 11 nitrogen and oxygen atoms in total. The Labute approximate surface area is 199 Å². The summed E-state index contributed by atoms with van der Waals surface area (Å²) in [5.74, 6) is -0.394. The summed E-state index contributed by atoms with van der Waals surface area (Å²) in [5.41, 5.74) is 1.33. The molecule has 2 heterocycles. The van der Waals surface area contributed by atoms with Gasteiger partial charge in [0.05, 0.1) is 6.04 Å². The van der Waals surface area contributed by atoms with Gasteiger partial charge in [-0.2, -0.15) is 4.98 Å². The van der Waals surface area contributed by atoms with Gasteiger partial charge in [0.2, 0.25) is 5.89 Å². The first-order chi connectivity index (χ1) is 16.1. The zero-order chi connectivity index (χ0) is 24.7. The first-order valence-corrected chi connectivity index (χ1v) is 12.2. The Bertz CT molecular complexity index is 839. The third-order valence-corrected chi connectivity index (χ3v) is 6.32. The minimum atomic E-state index is -0.573. The van der Waals surface area contributed by atoms with E-state index in [1.165, 1.54) is 37.0 Å². The number of carbonyl (C=O) groups excluding carboxylic acids is 3. The lowest BCUT2D eigenvalue weighted by atomic mass is 9.84. The molecule has 1 atom stereocenters. The van der Waals surface area contributed by atoms with Gasteiger partial charge in [0.1, 0.15) is 5.60 Å². The van der Waals surface area contributed by atoms with Crippen LogP contribution in [0.1, 0.15) is 101 Å². The Morgan fingerprint density at radius 3 is 2.56 bits per heavy atom. The van der Waals surface area contributed by atoms with Crippen LogP contribution in [0.3, 0.4) is 0 Å². The molecule has 2 aliphatic rings. The van der Waals surface area contributed by atoms with Crippen molar-refractivity contribution < 1.29 is 28.9 Å². The van der Waals surface area contributed by atoms with Crippen molar-refractivity contribution in [1.82, 2.24) is 25.8 Å². The van der Waals surface area contributed by atoms with Crippen molar-refractivity contribution in [3.05, 3.63) is 11.7 Å². The van der Waals surface area contributed by atoms with E-state index in [1.807, 2.05) is 5.48 Å². The van der Waals surface area contributed by atoms with Crippen molar-refractivity contribution in [3.63, 3.8) is 0 Å². The molecule has 2 fully saturated rings. The zero-order valence-electron chi connectivity index (χ0n) is 20.4. The first-order valence-electron chi connectivity index (χ1n) is 12.2. The molecule has 1 saturated heterocycles. The Balaban J connectivity index is 1.50. The number of carbonyl (C=O) groups is 3. The van der Waals surface area contributed by atoms with Crippen LogP contribution in [0.25, 0.3) is 0 Å². The van der Waals surface area contributed by atoms with Gasteiger partial charge in [-0.15, -0.1) is 5.48 Å². The summed E-state index contributed by atoms with van der Waals surface area (Å²) in [4.78, 5) is 42.2.